The molecule has 2 aliphatic heterocycles. The van der Waals surface area contributed by atoms with E-state index >= 15 is 0 Å². The lowest BCUT2D eigenvalue weighted by Gasteiger charge is -2.33. The Morgan fingerprint density at radius 3 is 1.87 bits per heavy atom. The van der Waals surface area contributed by atoms with Gasteiger partial charge in [-0.15, -0.1) is 0 Å². The summed E-state index contributed by atoms with van der Waals surface area (Å²) in [6.07, 6.45) is 7.81. The van der Waals surface area contributed by atoms with Gasteiger partial charge in [0.2, 0.25) is 0 Å². The van der Waals surface area contributed by atoms with Crippen LogP contribution in [0.1, 0.15) is 59.2 Å². The number of benzene rings is 7. The van der Waals surface area contributed by atoms with Gasteiger partial charge < -0.3 is 9.80 Å². The fourth-order valence-corrected chi connectivity index (χ4v) is 8.99. The van der Waals surface area contributed by atoms with E-state index < -0.39 is 0 Å². The van der Waals surface area contributed by atoms with E-state index in [9.17, 15) is 0 Å². The van der Waals surface area contributed by atoms with E-state index in [2.05, 4.69) is 194 Å². The van der Waals surface area contributed by atoms with Crippen LogP contribution in [0.3, 0.4) is 0 Å². The molecule has 0 N–H and O–H groups in total. The van der Waals surface area contributed by atoms with Crippen molar-refractivity contribution >= 4 is 40.6 Å². The van der Waals surface area contributed by atoms with Crippen molar-refractivity contribution in [1.82, 2.24) is 0 Å². The number of rotatable bonds is 5. The van der Waals surface area contributed by atoms with Gasteiger partial charge in [-0.05, 0) is 117 Å². The molecule has 7 aromatic carbocycles. The molecule has 0 amide bonds. The van der Waals surface area contributed by atoms with Gasteiger partial charge in [-0.25, -0.2) is 0 Å². The molecule has 0 unspecified atom stereocenters. The standard InChI is InChI=1S/C51H42N2/c1-51(2)46-31-36(24-28-44(46)45-29-27-42(34-47(45)51)52-30-10-15-38-11-3-6-17-48(38)52)21-20-35-22-25-37(26-23-35)39-14-9-16-43(33-39)53-49-18-7-4-12-40(49)32-41-13-5-8-19-50(41)53/h3-9,11-14,16-29,31,33-34H,10,15,30,32H2,1-2H3/b21-20+. The van der Waals surface area contributed by atoms with E-state index in [4.69, 9.17) is 0 Å². The third kappa shape index (κ3) is 5.40. The molecule has 0 bridgehead atoms. The molecule has 10 rings (SSSR count). The SMILES string of the molecule is CC1(C)c2cc(/C=C/c3ccc(-c4cccc(N5c6ccccc6Cc6ccccc65)c4)cc3)ccc2-c2ccc(N3CCCc4ccccc43)cc21. The average Bonchev–Trinajstić information content (AvgIpc) is 3.43. The molecule has 0 saturated carbocycles. The number of hydrogen-bond donors (Lipinski definition) is 0. The topological polar surface area (TPSA) is 6.48 Å². The highest BCUT2D eigenvalue weighted by atomic mass is 15.2. The molecular weight excluding hydrogens is 641 g/mol. The largest absolute Gasteiger partial charge is 0.341 e. The van der Waals surface area contributed by atoms with Crippen molar-refractivity contribution in [2.75, 3.05) is 16.3 Å². The lowest BCUT2D eigenvalue weighted by molar-refractivity contribution is 0.659. The van der Waals surface area contributed by atoms with Gasteiger partial charge in [-0.1, -0.05) is 141 Å². The normalized spacial score (nSPS) is 15.1. The van der Waals surface area contributed by atoms with Crippen LogP contribution in [0.5, 0.6) is 0 Å². The van der Waals surface area contributed by atoms with Crippen LogP contribution in [0.2, 0.25) is 0 Å². The molecule has 0 aromatic heterocycles. The molecule has 7 aromatic rings. The van der Waals surface area contributed by atoms with Crippen molar-refractivity contribution in [2.24, 2.45) is 0 Å². The van der Waals surface area contributed by atoms with Crippen LogP contribution in [0.4, 0.5) is 28.4 Å². The minimum atomic E-state index is -0.0750. The number of hydrogen-bond acceptors (Lipinski definition) is 2. The minimum Gasteiger partial charge on any atom is -0.341 e. The molecule has 0 radical (unpaired) electrons. The Morgan fingerprint density at radius 2 is 1.11 bits per heavy atom. The first kappa shape index (κ1) is 31.6. The molecule has 2 heteroatoms. The predicted octanol–water partition coefficient (Wildman–Crippen LogP) is 13.3. The number of aryl methyl sites for hydroxylation is 1. The molecule has 0 atom stereocenters. The van der Waals surface area contributed by atoms with Crippen LogP contribution in [-0.4, -0.2) is 6.54 Å². The maximum Gasteiger partial charge on any atom is 0.0497 e. The van der Waals surface area contributed by atoms with Crippen LogP contribution >= 0.6 is 0 Å². The fourth-order valence-electron chi connectivity index (χ4n) is 8.99. The van der Waals surface area contributed by atoms with E-state index in [1.54, 1.807) is 0 Å². The second-order valence-electron chi connectivity index (χ2n) is 15.3. The second-order valence-corrected chi connectivity index (χ2v) is 15.3. The number of para-hydroxylation sites is 3. The molecule has 256 valence electrons. The lowest BCUT2D eigenvalue weighted by atomic mass is 9.81. The Balaban J connectivity index is 0.896. The summed E-state index contributed by atoms with van der Waals surface area (Å²) in [5.41, 5.74) is 20.8. The van der Waals surface area contributed by atoms with Crippen LogP contribution in [0, 0.1) is 0 Å². The maximum atomic E-state index is 2.52. The molecule has 0 spiro atoms. The first-order valence-electron chi connectivity index (χ1n) is 19.0. The van der Waals surface area contributed by atoms with Gasteiger partial charge >= 0.3 is 0 Å². The quantitative estimate of drug-likeness (QED) is 0.167. The highest BCUT2D eigenvalue weighted by Crippen LogP contribution is 2.51. The van der Waals surface area contributed by atoms with Crippen LogP contribution in [-0.2, 0) is 18.3 Å². The molecule has 2 heterocycles. The monoisotopic (exact) mass is 682 g/mol. The van der Waals surface area contributed by atoms with Gasteiger partial charge in [-0.3, -0.25) is 0 Å². The van der Waals surface area contributed by atoms with Crippen molar-refractivity contribution in [2.45, 2.75) is 38.5 Å². The highest BCUT2D eigenvalue weighted by Gasteiger charge is 2.36. The molecule has 2 nitrogen and oxygen atoms in total. The molecule has 0 fully saturated rings. The van der Waals surface area contributed by atoms with Crippen molar-refractivity contribution in [3.05, 3.63) is 197 Å². The van der Waals surface area contributed by atoms with E-state index in [0.717, 1.165) is 19.4 Å². The zero-order valence-corrected chi connectivity index (χ0v) is 30.4. The summed E-state index contributed by atoms with van der Waals surface area (Å²) in [7, 11) is 0. The van der Waals surface area contributed by atoms with Gasteiger partial charge in [0.05, 0.1) is 0 Å². The smallest absolute Gasteiger partial charge is 0.0497 e. The zero-order valence-electron chi connectivity index (χ0n) is 30.4. The summed E-state index contributed by atoms with van der Waals surface area (Å²) in [4.78, 5) is 4.93. The van der Waals surface area contributed by atoms with Crippen molar-refractivity contribution < 1.29 is 0 Å². The minimum absolute atomic E-state index is 0.0750. The Morgan fingerprint density at radius 1 is 0.491 bits per heavy atom. The molecule has 53 heavy (non-hydrogen) atoms. The van der Waals surface area contributed by atoms with E-state index in [1.807, 2.05) is 0 Å². The van der Waals surface area contributed by atoms with E-state index in [-0.39, 0.29) is 5.41 Å². The number of anilines is 5. The number of nitrogens with zero attached hydrogens (tertiary/aromatic N) is 2. The van der Waals surface area contributed by atoms with Gasteiger partial charge in [0, 0.05) is 46.8 Å². The molecule has 1 aliphatic carbocycles. The lowest BCUT2D eigenvalue weighted by Crippen LogP contribution is -2.25. The van der Waals surface area contributed by atoms with Gasteiger partial charge in [0.25, 0.3) is 0 Å². The summed E-state index contributed by atoms with van der Waals surface area (Å²) in [5.74, 6) is 0. The third-order valence-corrected chi connectivity index (χ3v) is 11.8. The molecule has 0 saturated heterocycles. The van der Waals surface area contributed by atoms with Gasteiger partial charge in [0.15, 0.2) is 0 Å². The summed E-state index contributed by atoms with van der Waals surface area (Å²) >= 11 is 0. The summed E-state index contributed by atoms with van der Waals surface area (Å²) < 4.78 is 0. The fraction of sp³-hybridized carbons (Fsp3) is 0.137. The van der Waals surface area contributed by atoms with Gasteiger partial charge in [0.1, 0.15) is 0 Å². The highest BCUT2D eigenvalue weighted by molar-refractivity contribution is 5.87. The van der Waals surface area contributed by atoms with Crippen molar-refractivity contribution in [3.63, 3.8) is 0 Å². The zero-order chi connectivity index (χ0) is 35.5. The first-order valence-corrected chi connectivity index (χ1v) is 19.0. The van der Waals surface area contributed by atoms with Crippen LogP contribution in [0.15, 0.2) is 158 Å². The van der Waals surface area contributed by atoms with Gasteiger partial charge in [-0.2, -0.15) is 0 Å². The van der Waals surface area contributed by atoms with E-state index in [0.29, 0.717) is 0 Å². The molecule has 3 aliphatic rings. The summed E-state index contributed by atoms with van der Waals surface area (Å²) in [6.45, 7) is 5.83. The predicted molar refractivity (Wildman–Crippen MR) is 224 cm³/mol. The first-order chi connectivity index (χ1) is 26.0. The molecular formula is C51H42N2. The third-order valence-electron chi connectivity index (χ3n) is 11.8. The Hall–Kier alpha value is -6.12. The average molecular weight is 683 g/mol. The Bertz CT molecular complexity index is 2510. The van der Waals surface area contributed by atoms with Crippen LogP contribution in [0.25, 0.3) is 34.4 Å². The Labute approximate surface area is 313 Å². The summed E-state index contributed by atoms with van der Waals surface area (Å²) in [6, 6.07) is 58.5. The summed E-state index contributed by atoms with van der Waals surface area (Å²) in [5, 5.41) is 0. The van der Waals surface area contributed by atoms with Crippen LogP contribution < -0.4 is 9.80 Å². The Kier molecular flexibility index (Phi) is 7.47. The van der Waals surface area contributed by atoms with E-state index in [1.165, 1.54) is 96.1 Å². The second kappa shape index (κ2) is 12.5. The van der Waals surface area contributed by atoms with Crippen molar-refractivity contribution in [1.29, 1.82) is 0 Å². The maximum absolute atomic E-state index is 2.52. The van der Waals surface area contributed by atoms with Crippen molar-refractivity contribution in [3.8, 4) is 22.3 Å². The number of fused-ring (bicyclic) bond motifs is 6.